The molecule has 0 radical (unpaired) electrons. The van der Waals surface area contributed by atoms with Crippen molar-refractivity contribution >= 4 is 34.0 Å². The molecule has 9 heteroatoms. The van der Waals surface area contributed by atoms with Gasteiger partial charge >= 0.3 is 18.0 Å². The number of nitrogens with zero attached hydrogens (tertiary/aromatic N) is 2. The first-order valence-electron chi connectivity index (χ1n) is 11.4. The highest BCUT2D eigenvalue weighted by atomic mass is 79.9. The standard InChI is InChI=1S/C22H35BrN2O6/c1-4-30-20(26)18-10-17(23)13-24(18)11-14-6-7-15-12-25(22(28)29-3)19(9-16(15)8-14)21(27)31-5-2/h14-19H,4-13H2,1-3H3/t14-,15-,16?,17-,18-,19?/m0/s1. The number of hydrogen-bond acceptors (Lipinski definition) is 7. The van der Waals surface area contributed by atoms with Crippen LogP contribution in [0.2, 0.25) is 0 Å². The van der Waals surface area contributed by atoms with E-state index in [2.05, 4.69) is 20.8 Å². The molecule has 0 spiro atoms. The fourth-order valence-electron chi connectivity index (χ4n) is 5.56. The van der Waals surface area contributed by atoms with Crippen molar-refractivity contribution in [3.63, 3.8) is 0 Å². The van der Waals surface area contributed by atoms with Gasteiger partial charge in [0.25, 0.3) is 0 Å². The summed E-state index contributed by atoms with van der Waals surface area (Å²) >= 11 is 3.67. The molecule has 2 aliphatic heterocycles. The lowest BCUT2D eigenvalue weighted by Gasteiger charge is -2.46. The molecule has 1 saturated carbocycles. The largest absolute Gasteiger partial charge is 0.465 e. The summed E-state index contributed by atoms with van der Waals surface area (Å²) in [5, 5.41) is 0. The lowest BCUT2D eigenvalue weighted by molar-refractivity contribution is -0.153. The Morgan fingerprint density at radius 3 is 2.23 bits per heavy atom. The van der Waals surface area contributed by atoms with Crippen LogP contribution in [-0.2, 0) is 23.8 Å². The van der Waals surface area contributed by atoms with E-state index >= 15 is 0 Å². The Kier molecular flexibility index (Phi) is 8.61. The molecule has 6 atom stereocenters. The number of methoxy groups -OCH3 is 1. The van der Waals surface area contributed by atoms with E-state index in [1.165, 1.54) is 7.11 Å². The molecule has 0 aromatic carbocycles. The van der Waals surface area contributed by atoms with Crippen molar-refractivity contribution in [1.82, 2.24) is 9.80 Å². The van der Waals surface area contributed by atoms with Gasteiger partial charge in [-0.3, -0.25) is 14.6 Å². The normalized spacial score (nSPS) is 33.5. The summed E-state index contributed by atoms with van der Waals surface area (Å²) in [5.41, 5.74) is 0. The van der Waals surface area contributed by atoms with E-state index in [9.17, 15) is 14.4 Å². The van der Waals surface area contributed by atoms with Crippen molar-refractivity contribution in [3.8, 4) is 0 Å². The predicted molar refractivity (Wildman–Crippen MR) is 118 cm³/mol. The van der Waals surface area contributed by atoms with Crippen LogP contribution in [0, 0.1) is 17.8 Å². The van der Waals surface area contributed by atoms with Crippen LogP contribution in [0.3, 0.4) is 0 Å². The first-order valence-corrected chi connectivity index (χ1v) is 12.3. The Morgan fingerprint density at radius 1 is 0.903 bits per heavy atom. The first-order chi connectivity index (χ1) is 14.9. The van der Waals surface area contributed by atoms with Gasteiger partial charge in [-0.25, -0.2) is 9.59 Å². The molecule has 3 rings (SSSR count). The lowest BCUT2D eigenvalue weighted by atomic mass is 9.69. The zero-order valence-corrected chi connectivity index (χ0v) is 20.3. The summed E-state index contributed by atoms with van der Waals surface area (Å²) in [6.07, 6.45) is 3.98. The van der Waals surface area contributed by atoms with Gasteiger partial charge in [-0.05, 0) is 63.7 Å². The number of carbonyl (C=O) groups excluding carboxylic acids is 3. The number of amides is 1. The smallest absolute Gasteiger partial charge is 0.410 e. The van der Waals surface area contributed by atoms with E-state index in [0.717, 1.165) is 38.8 Å². The Bertz CT molecular complexity index is 662. The van der Waals surface area contributed by atoms with Crippen LogP contribution in [0.25, 0.3) is 0 Å². The van der Waals surface area contributed by atoms with Crippen molar-refractivity contribution in [3.05, 3.63) is 0 Å². The maximum absolute atomic E-state index is 12.5. The number of fused-ring (bicyclic) bond motifs is 1. The molecule has 8 nitrogen and oxygen atoms in total. The molecular formula is C22H35BrN2O6. The van der Waals surface area contributed by atoms with Gasteiger partial charge in [0.2, 0.25) is 0 Å². The van der Waals surface area contributed by atoms with E-state index < -0.39 is 12.1 Å². The number of likely N-dealkylation sites (tertiary alicyclic amines) is 2. The van der Waals surface area contributed by atoms with Gasteiger partial charge in [0, 0.05) is 24.5 Å². The molecule has 3 fully saturated rings. The number of rotatable bonds is 6. The van der Waals surface area contributed by atoms with Gasteiger partial charge < -0.3 is 14.2 Å². The minimum Gasteiger partial charge on any atom is -0.465 e. The van der Waals surface area contributed by atoms with Crippen molar-refractivity contribution in [2.45, 2.75) is 62.9 Å². The van der Waals surface area contributed by atoms with Crippen LogP contribution in [0.5, 0.6) is 0 Å². The topological polar surface area (TPSA) is 85.4 Å². The number of hydrogen-bond donors (Lipinski definition) is 0. The molecule has 176 valence electrons. The molecule has 31 heavy (non-hydrogen) atoms. The maximum Gasteiger partial charge on any atom is 0.410 e. The minimum atomic E-state index is -0.585. The van der Waals surface area contributed by atoms with Crippen LogP contribution in [0.4, 0.5) is 4.79 Å². The quantitative estimate of drug-likeness (QED) is 0.313. The Hall–Kier alpha value is -1.35. The second kappa shape index (κ2) is 11.0. The van der Waals surface area contributed by atoms with E-state index in [4.69, 9.17) is 14.2 Å². The third-order valence-electron chi connectivity index (χ3n) is 6.95. The summed E-state index contributed by atoms with van der Waals surface area (Å²) in [4.78, 5) is 41.3. The number of carbonyl (C=O) groups is 3. The van der Waals surface area contributed by atoms with E-state index in [0.29, 0.717) is 48.8 Å². The molecule has 2 saturated heterocycles. The number of alkyl halides is 1. The molecule has 0 bridgehead atoms. The average molecular weight is 503 g/mol. The Balaban J connectivity index is 1.64. The number of esters is 2. The molecule has 0 N–H and O–H groups in total. The highest BCUT2D eigenvalue weighted by Crippen LogP contribution is 2.42. The van der Waals surface area contributed by atoms with Gasteiger partial charge in [-0.15, -0.1) is 0 Å². The molecule has 1 amide bonds. The number of piperidine rings is 1. The van der Waals surface area contributed by atoms with Gasteiger partial charge in [0.1, 0.15) is 12.1 Å². The third-order valence-corrected chi connectivity index (χ3v) is 7.62. The highest BCUT2D eigenvalue weighted by molar-refractivity contribution is 9.09. The van der Waals surface area contributed by atoms with Crippen molar-refractivity contribution < 1.29 is 28.6 Å². The summed E-state index contributed by atoms with van der Waals surface area (Å²) in [5.74, 6) is 0.703. The second-order valence-electron chi connectivity index (χ2n) is 8.88. The zero-order valence-electron chi connectivity index (χ0n) is 18.8. The summed E-state index contributed by atoms with van der Waals surface area (Å²) < 4.78 is 15.5. The molecule has 3 aliphatic rings. The summed E-state index contributed by atoms with van der Waals surface area (Å²) in [6, 6.07) is -0.770. The average Bonchev–Trinajstić information content (AvgIpc) is 3.12. The van der Waals surface area contributed by atoms with Crippen molar-refractivity contribution in [2.24, 2.45) is 17.8 Å². The summed E-state index contributed by atoms with van der Waals surface area (Å²) in [6.45, 7) is 6.54. The molecule has 2 heterocycles. The number of ether oxygens (including phenoxy) is 3. The monoisotopic (exact) mass is 502 g/mol. The molecule has 1 aliphatic carbocycles. The molecule has 0 aromatic rings. The predicted octanol–water partition coefficient (Wildman–Crippen LogP) is 2.82. The van der Waals surface area contributed by atoms with Crippen LogP contribution in [-0.4, -0.2) is 84.7 Å². The molecule has 2 unspecified atom stereocenters. The Labute approximate surface area is 193 Å². The maximum atomic E-state index is 12.5. The Morgan fingerprint density at radius 2 is 1.58 bits per heavy atom. The van der Waals surface area contributed by atoms with Gasteiger partial charge in [-0.2, -0.15) is 0 Å². The number of halogens is 1. The lowest BCUT2D eigenvalue weighted by Crippen LogP contribution is -2.55. The van der Waals surface area contributed by atoms with Crippen molar-refractivity contribution in [1.29, 1.82) is 0 Å². The highest BCUT2D eigenvalue weighted by Gasteiger charge is 2.46. The van der Waals surface area contributed by atoms with Crippen LogP contribution in [0.1, 0.15) is 46.0 Å². The molecule has 0 aromatic heterocycles. The van der Waals surface area contributed by atoms with Gasteiger partial charge in [0.05, 0.1) is 20.3 Å². The van der Waals surface area contributed by atoms with Crippen LogP contribution >= 0.6 is 15.9 Å². The van der Waals surface area contributed by atoms with E-state index in [-0.39, 0.29) is 18.0 Å². The second-order valence-corrected chi connectivity index (χ2v) is 10.2. The fraction of sp³-hybridized carbons (Fsp3) is 0.864. The third kappa shape index (κ3) is 5.72. The van der Waals surface area contributed by atoms with E-state index in [1.807, 2.05) is 6.92 Å². The van der Waals surface area contributed by atoms with Gasteiger partial charge in [-0.1, -0.05) is 15.9 Å². The van der Waals surface area contributed by atoms with Crippen molar-refractivity contribution in [2.75, 3.05) is 40.0 Å². The summed E-state index contributed by atoms with van der Waals surface area (Å²) in [7, 11) is 1.35. The zero-order chi connectivity index (χ0) is 22.5. The van der Waals surface area contributed by atoms with Crippen LogP contribution < -0.4 is 0 Å². The van der Waals surface area contributed by atoms with Gasteiger partial charge in [0.15, 0.2) is 0 Å². The SMILES string of the molecule is CCOC(=O)C1CC2C[C@@H](CN3C[C@@H](Br)C[C@H]3C(=O)OCC)CC[C@H]2CN1C(=O)OC. The molecular weight excluding hydrogens is 468 g/mol. The minimum absolute atomic E-state index is 0.133. The van der Waals surface area contributed by atoms with E-state index in [1.54, 1.807) is 11.8 Å². The fourth-order valence-corrected chi connectivity index (χ4v) is 6.28. The van der Waals surface area contributed by atoms with Crippen LogP contribution in [0.15, 0.2) is 0 Å². The first kappa shape index (κ1) is 24.3.